The molecule has 1 heterocycles. The number of hydrogen-bond acceptors (Lipinski definition) is 3. The smallest absolute Gasteiger partial charge is 0.227 e. The SMILES string of the molecule is O=C(CCCOc1cccc(Br)c1)NCc1ccc(N2CCCC2=O)cc1. The highest BCUT2D eigenvalue weighted by molar-refractivity contribution is 9.10. The number of carbonyl (C=O) groups is 2. The van der Waals surface area contributed by atoms with Gasteiger partial charge in [-0.05, 0) is 48.7 Å². The summed E-state index contributed by atoms with van der Waals surface area (Å²) in [5.41, 5.74) is 1.95. The Labute approximate surface area is 167 Å². The Morgan fingerprint density at radius 3 is 2.70 bits per heavy atom. The van der Waals surface area contributed by atoms with Crippen molar-refractivity contribution < 1.29 is 14.3 Å². The van der Waals surface area contributed by atoms with E-state index in [0.717, 1.165) is 34.4 Å². The number of anilines is 1. The average Bonchev–Trinajstić information content (AvgIpc) is 3.10. The summed E-state index contributed by atoms with van der Waals surface area (Å²) in [5.74, 6) is 0.981. The van der Waals surface area contributed by atoms with Gasteiger partial charge in [0.25, 0.3) is 0 Å². The van der Waals surface area contributed by atoms with E-state index in [1.54, 1.807) is 0 Å². The summed E-state index contributed by atoms with van der Waals surface area (Å²) in [5, 5.41) is 2.92. The van der Waals surface area contributed by atoms with Crippen LogP contribution in [0.1, 0.15) is 31.2 Å². The van der Waals surface area contributed by atoms with Crippen LogP contribution in [-0.2, 0) is 16.1 Å². The number of ether oxygens (including phenoxy) is 1. The fourth-order valence-electron chi connectivity index (χ4n) is 2.98. The number of carbonyl (C=O) groups excluding carboxylic acids is 2. The highest BCUT2D eigenvalue weighted by Gasteiger charge is 2.21. The molecule has 2 aromatic rings. The first kappa shape index (κ1) is 19.4. The van der Waals surface area contributed by atoms with Gasteiger partial charge in [0.05, 0.1) is 6.61 Å². The summed E-state index contributed by atoms with van der Waals surface area (Å²) < 4.78 is 6.60. The fraction of sp³-hybridized carbons (Fsp3) is 0.333. The molecule has 0 aromatic heterocycles. The molecular formula is C21H23BrN2O3. The second-order valence-electron chi connectivity index (χ2n) is 6.50. The molecule has 1 fully saturated rings. The van der Waals surface area contributed by atoms with Crippen molar-refractivity contribution in [2.45, 2.75) is 32.2 Å². The first-order valence-electron chi connectivity index (χ1n) is 9.16. The molecule has 1 aliphatic rings. The van der Waals surface area contributed by atoms with Crippen LogP contribution in [0.4, 0.5) is 5.69 Å². The number of hydrogen-bond donors (Lipinski definition) is 1. The zero-order valence-corrected chi connectivity index (χ0v) is 16.7. The normalized spacial score (nSPS) is 13.7. The fourth-order valence-corrected chi connectivity index (χ4v) is 3.36. The number of benzene rings is 2. The molecule has 27 heavy (non-hydrogen) atoms. The van der Waals surface area contributed by atoms with Gasteiger partial charge < -0.3 is 15.0 Å². The van der Waals surface area contributed by atoms with Gasteiger partial charge in [-0.2, -0.15) is 0 Å². The first-order valence-corrected chi connectivity index (χ1v) is 9.95. The van der Waals surface area contributed by atoms with Crippen LogP contribution < -0.4 is 15.0 Å². The van der Waals surface area contributed by atoms with E-state index in [9.17, 15) is 9.59 Å². The largest absolute Gasteiger partial charge is 0.494 e. The molecule has 142 valence electrons. The van der Waals surface area contributed by atoms with Crippen molar-refractivity contribution in [1.82, 2.24) is 5.32 Å². The summed E-state index contributed by atoms with van der Waals surface area (Å²) in [6.45, 7) is 1.78. The summed E-state index contributed by atoms with van der Waals surface area (Å²) in [7, 11) is 0. The second-order valence-corrected chi connectivity index (χ2v) is 7.42. The third-order valence-corrected chi connectivity index (χ3v) is 4.92. The highest BCUT2D eigenvalue weighted by atomic mass is 79.9. The Kier molecular flexibility index (Phi) is 6.87. The van der Waals surface area contributed by atoms with E-state index in [1.807, 2.05) is 53.4 Å². The molecule has 0 aliphatic carbocycles. The van der Waals surface area contributed by atoms with Crippen molar-refractivity contribution >= 4 is 33.4 Å². The van der Waals surface area contributed by atoms with Crippen molar-refractivity contribution in [3.8, 4) is 5.75 Å². The molecular weight excluding hydrogens is 408 g/mol. The molecule has 5 nitrogen and oxygen atoms in total. The van der Waals surface area contributed by atoms with Gasteiger partial charge in [-0.3, -0.25) is 9.59 Å². The number of nitrogens with one attached hydrogen (secondary N) is 1. The van der Waals surface area contributed by atoms with E-state index >= 15 is 0 Å². The van der Waals surface area contributed by atoms with Gasteiger partial charge in [0.2, 0.25) is 11.8 Å². The molecule has 0 saturated carbocycles. The van der Waals surface area contributed by atoms with Crippen LogP contribution in [0.2, 0.25) is 0 Å². The zero-order chi connectivity index (χ0) is 19.1. The molecule has 0 unspecified atom stereocenters. The van der Waals surface area contributed by atoms with Gasteiger partial charge in [0, 0.05) is 36.1 Å². The van der Waals surface area contributed by atoms with Crippen molar-refractivity contribution in [2.24, 2.45) is 0 Å². The third kappa shape index (κ3) is 5.82. The van der Waals surface area contributed by atoms with E-state index in [1.165, 1.54) is 0 Å². The molecule has 0 atom stereocenters. The maximum Gasteiger partial charge on any atom is 0.227 e. The van der Waals surface area contributed by atoms with Crippen molar-refractivity contribution in [3.63, 3.8) is 0 Å². The van der Waals surface area contributed by atoms with E-state index in [0.29, 0.717) is 32.4 Å². The molecule has 1 saturated heterocycles. The van der Waals surface area contributed by atoms with Crippen molar-refractivity contribution in [1.29, 1.82) is 0 Å². The van der Waals surface area contributed by atoms with Gasteiger partial charge >= 0.3 is 0 Å². The standard InChI is InChI=1S/C21H23BrN2O3/c22-17-4-1-5-19(14-17)27-13-3-6-20(25)23-15-16-8-10-18(11-9-16)24-12-2-7-21(24)26/h1,4-5,8-11,14H,2-3,6-7,12-13,15H2,(H,23,25). The lowest BCUT2D eigenvalue weighted by molar-refractivity contribution is -0.121. The Balaban J connectivity index is 1.35. The number of nitrogens with zero attached hydrogens (tertiary/aromatic N) is 1. The van der Waals surface area contributed by atoms with Crippen LogP contribution in [0.3, 0.4) is 0 Å². The van der Waals surface area contributed by atoms with Gasteiger partial charge in [-0.25, -0.2) is 0 Å². The van der Waals surface area contributed by atoms with Crippen LogP contribution >= 0.6 is 15.9 Å². The lowest BCUT2D eigenvalue weighted by atomic mass is 10.2. The molecule has 3 rings (SSSR count). The lowest BCUT2D eigenvalue weighted by Crippen LogP contribution is -2.24. The molecule has 1 N–H and O–H groups in total. The molecule has 0 spiro atoms. The molecule has 2 amide bonds. The molecule has 6 heteroatoms. The maximum absolute atomic E-state index is 12.0. The molecule has 1 aliphatic heterocycles. The Morgan fingerprint density at radius 1 is 1.19 bits per heavy atom. The first-order chi connectivity index (χ1) is 13.1. The Bertz CT molecular complexity index is 792. The monoisotopic (exact) mass is 430 g/mol. The van der Waals surface area contributed by atoms with E-state index in [2.05, 4.69) is 21.2 Å². The number of rotatable bonds is 8. The predicted octanol–water partition coefficient (Wildman–Crippen LogP) is 4.05. The highest BCUT2D eigenvalue weighted by Crippen LogP contribution is 2.21. The zero-order valence-electron chi connectivity index (χ0n) is 15.1. The van der Waals surface area contributed by atoms with Gasteiger partial charge in [0.1, 0.15) is 5.75 Å². The minimum atomic E-state index is 0.00615. The van der Waals surface area contributed by atoms with Crippen molar-refractivity contribution in [3.05, 3.63) is 58.6 Å². The quantitative estimate of drug-likeness (QED) is 0.642. The summed E-state index contributed by atoms with van der Waals surface area (Å²) in [6.07, 6.45) is 2.63. The van der Waals surface area contributed by atoms with Crippen molar-refractivity contribution in [2.75, 3.05) is 18.1 Å². The molecule has 0 radical (unpaired) electrons. The van der Waals surface area contributed by atoms with E-state index < -0.39 is 0 Å². The van der Waals surface area contributed by atoms with Crippen LogP contribution in [0.15, 0.2) is 53.0 Å². The van der Waals surface area contributed by atoms with Crippen LogP contribution in [0.5, 0.6) is 5.75 Å². The number of amides is 2. The Hall–Kier alpha value is -2.34. The van der Waals surface area contributed by atoms with E-state index in [-0.39, 0.29) is 11.8 Å². The van der Waals surface area contributed by atoms with Gasteiger partial charge in [0.15, 0.2) is 0 Å². The van der Waals surface area contributed by atoms with Gasteiger partial charge in [-0.1, -0.05) is 34.1 Å². The predicted molar refractivity (Wildman–Crippen MR) is 109 cm³/mol. The van der Waals surface area contributed by atoms with Crippen LogP contribution in [0.25, 0.3) is 0 Å². The lowest BCUT2D eigenvalue weighted by Gasteiger charge is -2.16. The molecule has 2 aromatic carbocycles. The summed E-state index contributed by atoms with van der Waals surface area (Å²) in [6, 6.07) is 15.4. The molecule has 0 bridgehead atoms. The van der Waals surface area contributed by atoms with Crippen LogP contribution in [-0.4, -0.2) is 25.0 Å². The minimum Gasteiger partial charge on any atom is -0.494 e. The summed E-state index contributed by atoms with van der Waals surface area (Å²) >= 11 is 3.40. The summed E-state index contributed by atoms with van der Waals surface area (Å²) in [4.78, 5) is 25.6. The minimum absolute atomic E-state index is 0.00615. The second kappa shape index (κ2) is 9.55. The average molecular weight is 431 g/mol. The van der Waals surface area contributed by atoms with Crippen LogP contribution in [0, 0.1) is 0 Å². The maximum atomic E-state index is 12.0. The topological polar surface area (TPSA) is 58.6 Å². The van der Waals surface area contributed by atoms with E-state index in [4.69, 9.17) is 4.74 Å². The van der Waals surface area contributed by atoms with Gasteiger partial charge in [-0.15, -0.1) is 0 Å². The third-order valence-electron chi connectivity index (χ3n) is 4.42. The number of halogens is 1. The Morgan fingerprint density at radius 2 is 2.00 bits per heavy atom.